The van der Waals surface area contributed by atoms with E-state index in [1.165, 1.54) is 4.57 Å². The number of carbonyl (C=O) groups is 1. The van der Waals surface area contributed by atoms with Gasteiger partial charge in [-0.25, -0.2) is 0 Å². The zero-order valence-electron chi connectivity index (χ0n) is 14.8. The number of aryl methyl sites for hydroxylation is 1. The van der Waals surface area contributed by atoms with Crippen LogP contribution in [0.1, 0.15) is 29.0 Å². The number of carbonyl (C=O) groups excluding carboxylic acids is 1. The molecule has 0 unspecified atom stereocenters. The molecule has 4 heteroatoms. The zero-order chi connectivity index (χ0) is 18.4. The van der Waals surface area contributed by atoms with Crippen LogP contribution in [0.15, 0.2) is 83.8 Å². The third kappa shape index (κ3) is 4.28. The van der Waals surface area contributed by atoms with E-state index in [2.05, 4.69) is 5.32 Å². The first-order valence-corrected chi connectivity index (χ1v) is 8.66. The number of nitrogens with zero attached hydrogens (tertiary/aromatic N) is 1. The molecule has 0 aliphatic carbocycles. The Bertz CT molecular complexity index is 878. The molecule has 1 heterocycles. The van der Waals surface area contributed by atoms with E-state index in [1.807, 2.05) is 60.7 Å². The normalized spacial score (nSPS) is 10.7. The third-order valence-corrected chi connectivity index (χ3v) is 4.47. The molecular formula is C22H22N2O2. The Balaban J connectivity index is 1.74. The van der Waals surface area contributed by atoms with Crippen molar-refractivity contribution >= 4 is 5.91 Å². The first-order valence-electron chi connectivity index (χ1n) is 8.66. The summed E-state index contributed by atoms with van der Waals surface area (Å²) in [6.07, 6.45) is 2.04. The van der Waals surface area contributed by atoms with Gasteiger partial charge in [0.15, 0.2) is 0 Å². The van der Waals surface area contributed by atoms with E-state index < -0.39 is 0 Å². The van der Waals surface area contributed by atoms with Gasteiger partial charge < -0.3 is 9.88 Å². The minimum absolute atomic E-state index is 0.0176. The van der Waals surface area contributed by atoms with Gasteiger partial charge in [0, 0.05) is 37.7 Å². The van der Waals surface area contributed by atoms with E-state index in [0.29, 0.717) is 12.0 Å². The minimum Gasteiger partial charge on any atom is -0.352 e. The van der Waals surface area contributed by atoms with Gasteiger partial charge in [0.25, 0.3) is 5.56 Å². The summed E-state index contributed by atoms with van der Waals surface area (Å²) < 4.78 is 1.51. The highest BCUT2D eigenvalue weighted by atomic mass is 16.1. The van der Waals surface area contributed by atoms with E-state index in [1.54, 1.807) is 25.4 Å². The van der Waals surface area contributed by atoms with Crippen LogP contribution in [-0.2, 0) is 18.4 Å². The summed E-state index contributed by atoms with van der Waals surface area (Å²) in [5.41, 5.74) is 2.70. The summed E-state index contributed by atoms with van der Waals surface area (Å²) in [6, 6.07) is 23.6. The Morgan fingerprint density at radius 3 is 2.08 bits per heavy atom. The van der Waals surface area contributed by atoms with Crippen LogP contribution >= 0.6 is 0 Å². The number of pyridine rings is 1. The van der Waals surface area contributed by atoms with Gasteiger partial charge in [-0.2, -0.15) is 0 Å². The van der Waals surface area contributed by atoms with E-state index >= 15 is 0 Å². The Morgan fingerprint density at radius 1 is 0.923 bits per heavy atom. The number of rotatable bonds is 6. The van der Waals surface area contributed by atoms with Crippen molar-refractivity contribution in [3.05, 3.63) is 106 Å². The molecule has 1 N–H and O–H groups in total. The molecule has 3 aromatic rings. The Morgan fingerprint density at radius 2 is 1.50 bits per heavy atom. The van der Waals surface area contributed by atoms with Crippen LogP contribution in [0.25, 0.3) is 0 Å². The van der Waals surface area contributed by atoms with Crippen LogP contribution < -0.4 is 10.9 Å². The minimum atomic E-state index is -0.0875. The number of aromatic nitrogens is 1. The summed E-state index contributed by atoms with van der Waals surface area (Å²) in [5.74, 6) is -0.0929. The Labute approximate surface area is 153 Å². The SMILES string of the molecule is Cn1cccc(CNC(=O)CC(c2ccccc2)c2ccccc2)c1=O. The van der Waals surface area contributed by atoms with Crippen molar-refractivity contribution in [3.8, 4) is 0 Å². The molecule has 0 spiro atoms. The van der Waals surface area contributed by atoms with Crippen LogP contribution in [0.5, 0.6) is 0 Å². The first kappa shape index (κ1) is 17.7. The van der Waals surface area contributed by atoms with Crippen LogP contribution in [0, 0.1) is 0 Å². The smallest absolute Gasteiger partial charge is 0.255 e. The second-order valence-corrected chi connectivity index (χ2v) is 6.30. The first-order chi connectivity index (χ1) is 12.6. The predicted molar refractivity (Wildman–Crippen MR) is 103 cm³/mol. The molecule has 2 aromatic carbocycles. The van der Waals surface area contributed by atoms with Gasteiger partial charge in [-0.3, -0.25) is 9.59 Å². The molecule has 26 heavy (non-hydrogen) atoms. The van der Waals surface area contributed by atoms with Gasteiger partial charge in [0.05, 0.1) is 0 Å². The topological polar surface area (TPSA) is 51.1 Å². The molecular weight excluding hydrogens is 324 g/mol. The molecule has 0 atom stereocenters. The second-order valence-electron chi connectivity index (χ2n) is 6.30. The molecule has 132 valence electrons. The molecule has 0 saturated carbocycles. The zero-order valence-corrected chi connectivity index (χ0v) is 14.8. The van der Waals surface area contributed by atoms with Crippen LogP contribution in [-0.4, -0.2) is 10.5 Å². The molecule has 0 aliphatic rings. The lowest BCUT2D eigenvalue weighted by atomic mass is 9.88. The fourth-order valence-corrected chi connectivity index (χ4v) is 3.04. The molecule has 0 bridgehead atoms. The molecule has 4 nitrogen and oxygen atoms in total. The molecule has 0 fully saturated rings. The standard InChI is InChI=1S/C22H22N2O2/c1-24-14-8-13-19(22(24)26)16-23-21(25)15-20(17-9-4-2-5-10-17)18-11-6-3-7-12-18/h2-14,20H,15-16H2,1H3,(H,23,25). The summed E-state index contributed by atoms with van der Waals surface area (Å²) in [6.45, 7) is 0.239. The van der Waals surface area contributed by atoms with E-state index in [0.717, 1.165) is 11.1 Å². The van der Waals surface area contributed by atoms with Gasteiger partial charge in [0.2, 0.25) is 5.91 Å². The maximum absolute atomic E-state index is 12.5. The van der Waals surface area contributed by atoms with Gasteiger partial charge in [-0.15, -0.1) is 0 Å². The van der Waals surface area contributed by atoms with Gasteiger partial charge in [-0.1, -0.05) is 66.7 Å². The van der Waals surface area contributed by atoms with Gasteiger partial charge in [0.1, 0.15) is 0 Å². The largest absolute Gasteiger partial charge is 0.352 e. The van der Waals surface area contributed by atoms with Crippen molar-refractivity contribution in [3.63, 3.8) is 0 Å². The molecule has 1 amide bonds. The number of hydrogen-bond acceptors (Lipinski definition) is 2. The monoisotopic (exact) mass is 346 g/mol. The summed E-state index contributed by atoms with van der Waals surface area (Å²) in [5, 5.41) is 2.88. The van der Waals surface area contributed by atoms with Crippen LogP contribution in [0.3, 0.4) is 0 Å². The molecule has 0 aliphatic heterocycles. The molecule has 1 aromatic heterocycles. The highest BCUT2D eigenvalue weighted by Crippen LogP contribution is 2.27. The summed E-state index contributed by atoms with van der Waals surface area (Å²) >= 11 is 0. The summed E-state index contributed by atoms with van der Waals surface area (Å²) in [7, 11) is 1.70. The average molecular weight is 346 g/mol. The number of amides is 1. The molecule has 3 rings (SSSR count). The Hall–Kier alpha value is -3.14. The fraction of sp³-hybridized carbons (Fsp3) is 0.182. The highest BCUT2D eigenvalue weighted by molar-refractivity contribution is 5.77. The van der Waals surface area contributed by atoms with Crippen molar-refractivity contribution < 1.29 is 4.79 Å². The van der Waals surface area contributed by atoms with Crippen LogP contribution in [0.2, 0.25) is 0 Å². The highest BCUT2D eigenvalue weighted by Gasteiger charge is 2.18. The second kappa shape index (κ2) is 8.30. The van der Waals surface area contributed by atoms with Crippen molar-refractivity contribution in [2.75, 3.05) is 0 Å². The Kier molecular flexibility index (Phi) is 5.64. The van der Waals surface area contributed by atoms with Crippen molar-refractivity contribution in [1.82, 2.24) is 9.88 Å². The van der Waals surface area contributed by atoms with E-state index in [-0.39, 0.29) is 23.9 Å². The molecule has 0 radical (unpaired) electrons. The third-order valence-electron chi connectivity index (χ3n) is 4.47. The average Bonchev–Trinajstić information content (AvgIpc) is 2.68. The predicted octanol–water partition coefficient (Wildman–Crippen LogP) is 3.22. The summed E-state index contributed by atoms with van der Waals surface area (Å²) in [4.78, 5) is 24.6. The van der Waals surface area contributed by atoms with Crippen LogP contribution in [0.4, 0.5) is 0 Å². The number of nitrogens with one attached hydrogen (secondary N) is 1. The fourth-order valence-electron chi connectivity index (χ4n) is 3.04. The van der Waals surface area contributed by atoms with E-state index in [4.69, 9.17) is 0 Å². The lowest BCUT2D eigenvalue weighted by Crippen LogP contribution is -2.29. The van der Waals surface area contributed by atoms with Gasteiger partial charge in [-0.05, 0) is 17.2 Å². The van der Waals surface area contributed by atoms with Gasteiger partial charge >= 0.3 is 0 Å². The van der Waals surface area contributed by atoms with E-state index in [9.17, 15) is 9.59 Å². The molecule has 0 saturated heterocycles. The lowest BCUT2D eigenvalue weighted by molar-refractivity contribution is -0.121. The van der Waals surface area contributed by atoms with Crippen molar-refractivity contribution in [1.29, 1.82) is 0 Å². The number of hydrogen-bond donors (Lipinski definition) is 1. The number of benzene rings is 2. The maximum atomic E-state index is 12.5. The van der Waals surface area contributed by atoms with Crippen molar-refractivity contribution in [2.24, 2.45) is 7.05 Å². The lowest BCUT2D eigenvalue weighted by Gasteiger charge is -2.18. The van der Waals surface area contributed by atoms with Crippen molar-refractivity contribution in [2.45, 2.75) is 18.9 Å². The quantitative estimate of drug-likeness (QED) is 0.745. The maximum Gasteiger partial charge on any atom is 0.255 e.